The van der Waals surface area contributed by atoms with Crippen LogP contribution in [0.1, 0.15) is 40.5 Å². The van der Waals surface area contributed by atoms with Crippen molar-refractivity contribution in [3.63, 3.8) is 0 Å². The molecule has 1 rings (SSSR count). The predicted octanol–water partition coefficient (Wildman–Crippen LogP) is 3.67. The van der Waals surface area contributed by atoms with Crippen molar-refractivity contribution in [2.75, 3.05) is 11.1 Å². The third-order valence-corrected chi connectivity index (χ3v) is 2.67. The van der Waals surface area contributed by atoms with Crippen LogP contribution >= 0.6 is 0 Å². The van der Waals surface area contributed by atoms with E-state index in [1.807, 2.05) is 12.1 Å². The zero-order valence-electron chi connectivity index (χ0n) is 11.8. The number of carbonyl (C=O) groups excluding carboxylic acids is 1. The van der Waals surface area contributed by atoms with Gasteiger partial charge in [0.25, 0.3) is 0 Å². The summed E-state index contributed by atoms with van der Waals surface area (Å²) in [6.45, 7) is 8.70. The maximum Gasteiger partial charge on any atom is 0.224 e. The molecule has 1 aromatic carbocycles. The van der Waals surface area contributed by atoms with Gasteiger partial charge in [-0.25, -0.2) is 0 Å². The number of carbonyl (C=O) groups is 1. The Morgan fingerprint density at radius 1 is 1.39 bits per heavy atom. The van der Waals surface area contributed by atoms with Crippen molar-refractivity contribution >= 4 is 17.3 Å². The summed E-state index contributed by atoms with van der Waals surface area (Å²) in [4.78, 5) is 11.9. The molecular formula is C15H24N2O. The molecule has 1 unspecified atom stereocenters. The molecule has 0 saturated heterocycles. The summed E-state index contributed by atoms with van der Waals surface area (Å²) in [5.74, 6) is 0.434. The van der Waals surface area contributed by atoms with Gasteiger partial charge in [0.2, 0.25) is 5.91 Å². The first-order valence-electron chi connectivity index (χ1n) is 6.42. The molecule has 0 radical (unpaired) electrons. The number of hydrogen-bond acceptors (Lipinski definition) is 2. The van der Waals surface area contributed by atoms with E-state index in [0.717, 1.165) is 12.1 Å². The number of nitrogens with two attached hydrogens (primary N) is 1. The minimum atomic E-state index is 0.0531. The first-order valence-corrected chi connectivity index (χ1v) is 6.42. The van der Waals surface area contributed by atoms with E-state index in [1.165, 1.54) is 0 Å². The zero-order valence-corrected chi connectivity index (χ0v) is 11.8. The van der Waals surface area contributed by atoms with Gasteiger partial charge in [-0.05, 0) is 36.0 Å². The third kappa shape index (κ3) is 5.71. The first kappa shape index (κ1) is 14.6. The predicted molar refractivity (Wildman–Crippen MR) is 77.3 cm³/mol. The summed E-state index contributed by atoms with van der Waals surface area (Å²) in [5.41, 5.74) is 7.36. The molecule has 1 amide bonds. The first-order chi connectivity index (χ1) is 8.26. The summed E-state index contributed by atoms with van der Waals surface area (Å²) >= 11 is 0. The topological polar surface area (TPSA) is 55.1 Å². The minimum Gasteiger partial charge on any atom is -0.399 e. The Hall–Kier alpha value is -1.51. The van der Waals surface area contributed by atoms with E-state index in [2.05, 4.69) is 33.0 Å². The highest BCUT2D eigenvalue weighted by Gasteiger charge is 2.17. The Kier molecular flexibility index (Phi) is 4.76. The molecule has 3 nitrogen and oxygen atoms in total. The Bertz CT molecular complexity index is 407. The standard InChI is InChI=1S/C15H24N2O/c1-11(10-15(2,3)4)8-14(18)17-13-7-5-6-12(16)9-13/h5-7,9,11H,8,10,16H2,1-4H3,(H,17,18). The Morgan fingerprint density at radius 2 is 2.06 bits per heavy atom. The molecule has 18 heavy (non-hydrogen) atoms. The normalized spacial score (nSPS) is 13.1. The van der Waals surface area contributed by atoms with Gasteiger partial charge in [0.15, 0.2) is 0 Å². The third-order valence-electron chi connectivity index (χ3n) is 2.67. The van der Waals surface area contributed by atoms with E-state index >= 15 is 0 Å². The zero-order chi connectivity index (χ0) is 13.8. The average Bonchev–Trinajstić information content (AvgIpc) is 2.13. The van der Waals surface area contributed by atoms with Crippen LogP contribution in [0.25, 0.3) is 0 Å². The van der Waals surface area contributed by atoms with Gasteiger partial charge in [-0.3, -0.25) is 4.79 Å². The molecule has 0 spiro atoms. The second-order valence-electron chi connectivity index (χ2n) is 6.25. The van der Waals surface area contributed by atoms with Crippen LogP contribution in [0.3, 0.4) is 0 Å². The van der Waals surface area contributed by atoms with Crippen molar-refractivity contribution in [3.05, 3.63) is 24.3 Å². The Balaban J connectivity index is 2.47. The summed E-state index contributed by atoms with van der Waals surface area (Å²) in [6, 6.07) is 7.26. The van der Waals surface area contributed by atoms with E-state index in [9.17, 15) is 4.79 Å². The number of nitrogen functional groups attached to an aromatic ring is 1. The summed E-state index contributed by atoms with van der Waals surface area (Å²) in [5, 5.41) is 2.88. The maximum atomic E-state index is 11.9. The molecule has 0 aromatic heterocycles. The maximum absolute atomic E-state index is 11.9. The second-order valence-corrected chi connectivity index (χ2v) is 6.25. The molecule has 0 saturated carbocycles. The van der Waals surface area contributed by atoms with Crippen LogP contribution in [-0.2, 0) is 4.79 Å². The van der Waals surface area contributed by atoms with Crippen molar-refractivity contribution in [2.45, 2.75) is 40.5 Å². The fourth-order valence-electron chi connectivity index (χ4n) is 2.26. The molecule has 1 aromatic rings. The molecule has 1 atom stereocenters. The summed E-state index contributed by atoms with van der Waals surface area (Å²) < 4.78 is 0. The van der Waals surface area contributed by atoms with Gasteiger partial charge in [0.1, 0.15) is 0 Å². The number of nitrogens with one attached hydrogen (secondary N) is 1. The average molecular weight is 248 g/mol. The van der Waals surface area contributed by atoms with Crippen molar-refractivity contribution in [1.29, 1.82) is 0 Å². The summed E-state index contributed by atoms with van der Waals surface area (Å²) in [6.07, 6.45) is 1.59. The van der Waals surface area contributed by atoms with Crippen LogP contribution < -0.4 is 11.1 Å². The molecule has 0 bridgehead atoms. The van der Waals surface area contributed by atoms with Gasteiger partial charge in [-0.15, -0.1) is 0 Å². The van der Waals surface area contributed by atoms with Gasteiger partial charge in [-0.1, -0.05) is 33.8 Å². The Labute approximate surface area is 110 Å². The Morgan fingerprint density at radius 3 is 2.61 bits per heavy atom. The highest BCUT2D eigenvalue weighted by atomic mass is 16.1. The van der Waals surface area contributed by atoms with E-state index in [4.69, 9.17) is 5.73 Å². The van der Waals surface area contributed by atoms with Crippen molar-refractivity contribution < 1.29 is 4.79 Å². The fourth-order valence-corrected chi connectivity index (χ4v) is 2.26. The molecule has 3 N–H and O–H groups in total. The van der Waals surface area contributed by atoms with E-state index in [1.54, 1.807) is 12.1 Å². The number of hydrogen-bond donors (Lipinski definition) is 2. The number of benzene rings is 1. The largest absolute Gasteiger partial charge is 0.399 e. The van der Waals surface area contributed by atoms with E-state index in [0.29, 0.717) is 18.0 Å². The highest BCUT2D eigenvalue weighted by molar-refractivity contribution is 5.91. The van der Waals surface area contributed by atoms with Crippen LogP contribution in [0, 0.1) is 11.3 Å². The number of anilines is 2. The lowest BCUT2D eigenvalue weighted by atomic mass is 9.84. The fraction of sp³-hybridized carbons (Fsp3) is 0.533. The lowest BCUT2D eigenvalue weighted by molar-refractivity contribution is -0.117. The van der Waals surface area contributed by atoms with Gasteiger partial charge in [0, 0.05) is 17.8 Å². The second kappa shape index (κ2) is 5.89. The van der Waals surface area contributed by atoms with Crippen LogP contribution in [0.2, 0.25) is 0 Å². The number of amides is 1. The molecule has 0 fully saturated rings. The van der Waals surface area contributed by atoms with E-state index < -0.39 is 0 Å². The van der Waals surface area contributed by atoms with Crippen LogP contribution in [0.5, 0.6) is 0 Å². The van der Waals surface area contributed by atoms with Gasteiger partial charge >= 0.3 is 0 Å². The minimum absolute atomic E-state index is 0.0531. The molecule has 0 aliphatic carbocycles. The van der Waals surface area contributed by atoms with Crippen molar-refractivity contribution in [3.8, 4) is 0 Å². The van der Waals surface area contributed by atoms with Gasteiger partial charge in [0.05, 0.1) is 0 Å². The number of rotatable bonds is 4. The lowest BCUT2D eigenvalue weighted by Gasteiger charge is -2.22. The molecule has 0 aliphatic heterocycles. The SMILES string of the molecule is CC(CC(=O)Nc1cccc(N)c1)CC(C)(C)C. The van der Waals surface area contributed by atoms with E-state index in [-0.39, 0.29) is 11.3 Å². The lowest BCUT2D eigenvalue weighted by Crippen LogP contribution is -2.18. The highest BCUT2D eigenvalue weighted by Crippen LogP contribution is 2.26. The molecule has 100 valence electrons. The van der Waals surface area contributed by atoms with Gasteiger partial charge < -0.3 is 11.1 Å². The van der Waals surface area contributed by atoms with Crippen LogP contribution in [0.4, 0.5) is 11.4 Å². The van der Waals surface area contributed by atoms with Crippen molar-refractivity contribution in [2.24, 2.45) is 11.3 Å². The smallest absolute Gasteiger partial charge is 0.224 e. The quantitative estimate of drug-likeness (QED) is 0.799. The van der Waals surface area contributed by atoms with Crippen LogP contribution in [-0.4, -0.2) is 5.91 Å². The molecule has 0 aliphatic rings. The summed E-state index contributed by atoms with van der Waals surface area (Å²) in [7, 11) is 0. The molecule has 0 heterocycles. The van der Waals surface area contributed by atoms with Crippen LogP contribution in [0.15, 0.2) is 24.3 Å². The molecular weight excluding hydrogens is 224 g/mol. The van der Waals surface area contributed by atoms with Crippen molar-refractivity contribution in [1.82, 2.24) is 0 Å². The molecule has 3 heteroatoms. The van der Waals surface area contributed by atoms with Gasteiger partial charge in [-0.2, -0.15) is 0 Å². The monoisotopic (exact) mass is 248 g/mol.